The lowest BCUT2D eigenvalue weighted by Crippen LogP contribution is -2.15. The number of benzene rings is 1. The molecule has 4 nitrogen and oxygen atoms in total. The molecule has 0 aliphatic heterocycles. The summed E-state index contributed by atoms with van der Waals surface area (Å²) in [5.74, 6) is -0.251. The Balaban J connectivity index is 2.83. The van der Waals surface area contributed by atoms with Crippen LogP contribution in [-0.2, 0) is 4.79 Å². The molecule has 0 unspecified atom stereocenters. The number of nitrogens with one attached hydrogen (secondary N) is 1. The first kappa shape index (κ1) is 13.1. The van der Waals surface area contributed by atoms with Crippen molar-refractivity contribution in [3.05, 3.63) is 29.8 Å². The van der Waals surface area contributed by atoms with Crippen molar-refractivity contribution in [2.24, 2.45) is 5.10 Å². The zero-order chi connectivity index (χ0) is 12.8. The molecule has 0 saturated heterocycles. The van der Waals surface area contributed by atoms with Gasteiger partial charge in [-0.25, -0.2) is 5.43 Å². The van der Waals surface area contributed by atoms with Gasteiger partial charge in [0.05, 0.1) is 5.71 Å². The van der Waals surface area contributed by atoms with Gasteiger partial charge in [0.15, 0.2) is 0 Å². The highest BCUT2D eigenvalue weighted by Crippen LogP contribution is 2.16. The highest BCUT2D eigenvalue weighted by atomic mass is 19.3. The first-order valence-electron chi connectivity index (χ1n) is 4.85. The van der Waals surface area contributed by atoms with E-state index < -0.39 is 6.61 Å². The van der Waals surface area contributed by atoms with E-state index in [-0.39, 0.29) is 11.7 Å². The number of hydrogen-bond donors (Lipinski definition) is 1. The van der Waals surface area contributed by atoms with Crippen LogP contribution in [0.2, 0.25) is 0 Å². The summed E-state index contributed by atoms with van der Waals surface area (Å²) in [5, 5.41) is 3.79. The van der Waals surface area contributed by atoms with Gasteiger partial charge in [-0.05, 0) is 19.1 Å². The normalized spacial score (nSPS) is 11.5. The van der Waals surface area contributed by atoms with E-state index in [4.69, 9.17) is 0 Å². The number of amides is 1. The highest BCUT2D eigenvalue weighted by molar-refractivity contribution is 5.99. The van der Waals surface area contributed by atoms with Crippen LogP contribution in [0.5, 0.6) is 5.75 Å². The van der Waals surface area contributed by atoms with E-state index in [1.54, 1.807) is 19.1 Å². The molecule has 0 atom stereocenters. The van der Waals surface area contributed by atoms with E-state index in [0.29, 0.717) is 11.3 Å². The summed E-state index contributed by atoms with van der Waals surface area (Å²) in [6.45, 7) is 0.114. The molecule has 6 heteroatoms. The Morgan fingerprint density at radius 2 is 2.12 bits per heavy atom. The Morgan fingerprint density at radius 3 is 2.71 bits per heavy atom. The predicted octanol–water partition coefficient (Wildman–Crippen LogP) is 2.15. The fraction of sp³-hybridized carbons (Fsp3) is 0.273. The number of rotatable bonds is 4. The third-order valence-electron chi connectivity index (χ3n) is 1.86. The first-order valence-corrected chi connectivity index (χ1v) is 4.85. The number of ether oxygens (including phenoxy) is 1. The third kappa shape index (κ3) is 4.58. The Hall–Kier alpha value is -1.98. The lowest BCUT2D eigenvalue weighted by Gasteiger charge is -2.06. The van der Waals surface area contributed by atoms with Crippen molar-refractivity contribution in [3.63, 3.8) is 0 Å². The number of hydrazone groups is 1. The molecular formula is C11H12F2N2O2. The fourth-order valence-corrected chi connectivity index (χ4v) is 1.12. The number of halogens is 2. The highest BCUT2D eigenvalue weighted by Gasteiger charge is 2.05. The van der Waals surface area contributed by atoms with Gasteiger partial charge in [0, 0.05) is 12.5 Å². The summed E-state index contributed by atoms with van der Waals surface area (Å²) in [5.41, 5.74) is 3.36. The molecule has 17 heavy (non-hydrogen) atoms. The van der Waals surface area contributed by atoms with Gasteiger partial charge in [0.1, 0.15) is 5.75 Å². The predicted molar refractivity (Wildman–Crippen MR) is 59.1 cm³/mol. The molecule has 1 rings (SSSR count). The van der Waals surface area contributed by atoms with Crippen molar-refractivity contribution in [3.8, 4) is 5.75 Å². The van der Waals surface area contributed by atoms with Gasteiger partial charge in [-0.15, -0.1) is 0 Å². The quantitative estimate of drug-likeness (QED) is 0.649. The SMILES string of the molecule is CC(=O)N/N=C(/C)c1cccc(OC(F)F)c1. The summed E-state index contributed by atoms with van der Waals surface area (Å²) in [6.07, 6.45) is 0. The summed E-state index contributed by atoms with van der Waals surface area (Å²) in [6, 6.07) is 6.09. The number of nitrogens with zero attached hydrogens (tertiary/aromatic N) is 1. The van der Waals surface area contributed by atoms with Gasteiger partial charge in [0.2, 0.25) is 5.91 Å². The molecule has 1 aromatic carbocycles. The smallest absolute Gasteiger partial charge is 0.387 e. The first-order chi connectivity index (χ1) is 7.99. The second kappa shape index (κ2) is 5.93. The Kier molecular flexibility index (Phi) is 4.56. The van der Waals surface area contributed by atoms with E-state index in [9.17, 15) is 13.6 Å². The van der Waals surface area contributed by atoms with Crippen LogP contribution in [-0.4, -0.2) is 18.2 Å². The van der Waals surface area contributed by atoms with E-state index in [1.165, 1.54) is 19.1 Å². The van der Waals surface area contributed by atoms with Crippen LogP contribution in [0.4, 0.5) is 8.78 Å². The summed E-state index contributed by atoms with van der Waals surface area (Å²) >= 11 is 0. The zero-order valence-electron chi connectivity index (χ0n) is 9.41. The van der Waals surface area contributed by atoms with Gasteiger partial charge < -0.3 is 4.74 Å². The van der Waals surface area contributed by atoms with Crippen LogP contribution >= 0.6 is 0 Å². The molecule has 0 aromatic heterocycles. The summed E-state index contributed by atoms with van der Waals surface area (Å²) in [7, 11) is 0. The topological polar surface area (TPSA) is 50.7 Å². The Labute approximate surface area is 97.3 Å². The largest absolute Gasteiger partial charge is 0.435 e. The van der Waals surface area contributed by atoms with Crippen LogP contribution in [0.15, 0.2) is 29.4 Å². The molecule has 1 aromatic rings. The van der Waals surface area contributed by atoms with E-state index in [1.807, 2.05) is 0 Å². The lowest BCUT2D eigenvalue weighted by atomic mass is 10.1. The molecule has 92 valence electrons. The molecule has 1 amide bonds. The molecule has 0 fully saturated rings. The minimum absolute atomic E-state index is 0.0508. The third-order valence-corrected chi connectivity index (χ3v) is 1.86. The van der Waals surface area contributed by atoms with Crippen LogP contribution in [0.1, 0.15) is 19.4 Å². The number of alkyl halides is 2. The minimum Gasteiger partial charge on any atom is -0.435 e. The molecule has 0 aliphatic rings. The minimum atomic E-state index is -2.86. The van der Waals surface area contributed by atoms with Crippen molar-refractivity contribution in [1.82, 2.24) is 5.43 Å². The summed E-state index contributed by atoms with van der Waals surface area (Å²) < 4.78 is 28.3. The van der Waals surface area contributed by atoms with Crippen LogP contribution in [0.3, 0.4) is 0 Å². The van der Waals surface area contributed by atoms with E-state index >= 15 is 0 Å². The monoisotopic (exact) mass is 242 g/mol. The van der Waals surface area contributed by atoms with Crippen molar-refractivity contribution in [2.75, 3.05) is 0 Å². The van der Waals surface area contributed by atoms with Crippen molar-refractivity contribution in [2.45, 2.75) is 20.5 Å². The van der Waals surface area contributed by atoms with Crippen molar-refractivity contribution < 1.29 is 18.3 Å². The Bertz CT molecular complexity index is 433. The summed E-state index contributed by atoms with van der Waals surface area (Å²) in [4.78, 5) is 10.6. The molecule has 0 heterocycles. The second-order valence-corrected chi connectivity index (χ2v) is 3.27. The molecule has 0 spiro atoms. The maximum Gasteiger partial charge on any atom is 0.387 e. The molecule has 0 radical (unpaired) electrons. The molecule has 0 aliphatic carbocycles. The fourth-order valence-electron chi connectivity index (χ4n) is 1.12. The zero-order valence-corrected chi connectivity index (χ0v) is 9.41. The molecule has 0 saturated carbocycles. The van der Waals surface area contributed by atoms with Crippen molar-refractivity contribution >= 4 is 11.6 Å². The van der Waals surface area contributed by atoms with Crippen LogP contribution in [0, 0.1) is 0 Å². The second-order valence-electron chi connectivity index (χ2n) is 3.27. The van der Waals surface area contributed by atoms with Gasteiger partial charge >= 0.3 is 6.61 Å². The maximum absolute atomic E-state index is 12.0. The van der Waals surface area contributed by atoms with Gasteiger partial charge in [-0.1, -0.05) is 12.1 Å². The average Bonchev–Trinajstić information content (AvgIpc) is 2.25. The van der Waals surface area contributed by atoms with E-state index in [0.717, 1.165) is 0 Å². The van der Waals surface area contributed by atoms with Gasteiger partial charge in [-0.3, -0.25) is 4.79 Å². The molecule has 0 bridgehead atoms. The van der Waals surface area contributed by atoms with Crippen LogP contribution < -0.4 is 10.2 Å². The number of carbonyl (C=O) groups is 1. The Morgan fingerprint density at radius 1 is 1.41 bits per heavy atom. The van der Waals surface area contributed by atoms with Crippen molar-refractivity contribution in [1.29, 1.82) is 0 Å². The molecule has 1 N–H and O–H groups in total. The standard InChI is InChI=1S/C11H12F2N2O2/c1-7(14-15-8(2)16)9-4-3-5-10(6-9)17-11(12)13/h3-6,11H,1-2H3,(H,15,16)/b14-7-. The van der Waals surface area contributed by atoms with Gasteiger partial charge in [-0.2, -0.15) is 13.9 Å². The van der Waals surface area contributed by atoms with Gasteiger partial charge in [0.25, 0.3) is 0 Å². The number of hydrogen-bond acceptors (Lipinski definition) is 3. The molecular weight excluding hydrogens is 230 g/mol. The number of carbonyl (C=O) groups excluding carboxylic acids is 1. The maximum atomic E-state index is 12.0. The lowest BCUT2D eigenvalue weighted by molar-refractivity contribution is -0.118. The van der Waals surface area contributed by atoms with E-state index in [2.05, 4.69) is 15.3 Å². The van der Waals surface area contributed by atoms with Crippen LogP contribution in [0.25, 0.3) is 0 Å². The average molecular weight is 242 g/mol.